The molecule has 1 aromatic rings. The molecule has 1 N–H and O–H groups in total. The van der Waals surface area contributed by atoms with Gasteiger partial charge in [0.05, 0.1) is 0 Å². The Morgan fingerprint density at radius 3 is 2.76 bits per heavy atom. The van der Waals surface area contributed by atoms with E-state index in [0.29, 0.717) is 0 Å². The van der Waals surface area contributed by atoms with E-state index in [9.17, 15) is 0 Å². The average molecular weight is 248 g/mol. The highest BCUT2D eigenvalue weighted by atomic mass is 32.2. The van der Waals surface area contributed by atoms with Crippen LogP contribution in [0.5, 0.6) is 0 Å². The molecule has 17 heavy (non-hydrogen) atoms. The van der Waals surface area contributed by atoms with Crippen LogP contribution in [-0.4, -0.2) is 23.0 Å². The van der Waals surface area contributed by atoms with Crippen molar-refractivity contribution >= 4 is 16.9 Å². The van der Waals surface area contributed by atoms with Crippen molar-refractivity contribution in [1.29, 1.82) is 0 Å². The van der Waals surface area contributed by atoms with Crippen molar-refractivity contribution in [3.8, 4) is 0 Å². The lowest BCUT2D eigenvalue weighted by Gasteiger charge is -2.20. The zero-order valence-corrected chi connectivity index (χ0v) is 11.4. The predicted octanol–water partition coefficient (Wildman–Crippen LogP) is 3.09. The Morgan fingerprint density at radius 1 is 1.35 bits per heavy atom. The van der Waals surface area contributed by atoms with Gasteiger partial charge in [-0.25, -0.2) is 0 Å². The van der Waals surface area contributed by atoms with Crippen LogP contribution >= 0.6 is 11.8 Å². The Bertz CT molecular complexity index is 388. The number of benzene rings is 1. The normalized spacial score (nSPS) is 26.1. The minimum absolute atomic E-state index is 0.246. The Balaban J connectivity index is 1.83. The van der Waals surface area contributed by atoms with E-state index < -0.39 is 0 Å². The number of nitrogens with one attached hydrogen (secondary N) is 1. The third kappa shape index (κ3) is 3.50. The first-order chi connectivity index (χ1) is 8.22. The molecule has 3 heteroatoms. The molecule has 92 valence electrons. The van der Waals surface area contributed by atoms with Gasteiger partial charge < -0.3 is 5.32 Å². The van der Waals surface area contributed by atoms with E-state index in [1.54, 1.807) is 0 Å². The number of nitrogens with zero attached hydrogens (tertiary/aromatic N) is 1. The van der Waals surface area contributed by atoms with Gasteiger partial charge in [0.1, 0.15) is 0 Å². The van der Waals surface area contributed by atoms with Gasteiger partial charge in [-0.3, -0.25) is 4.99 Å². The second-order valence-electron chi connectivity index (χ2n) is 4.75. The molecule has 1 aliphatic rings. The van der Waals surface area contributed by atoms with E-state index in [4.69, 9.17) is 0 Å². The third-order valence-electron chi connectivity index (χ3n) is 3.22. The number of aliphatic imine (C=N–C) groups is 1. The molecule has 2 rings (SSSR count). The number of hydrogen-bond donors (Lipinski definition) is 1. The molecule has 2 nitrogen and oxygen atoms in total. The first kappa shape index (κ1) is 12.5. The van der Waals surface area contributed by atoms with E-state index in [0.717, 1.165) is 30.3 Å². The van der Waals surface area contributed by atoms with Crippen LogP contribution < -0.4 is 5.32 Å². The first-order valence-electron chi connectivity index (χ1n) is 6.21. The Labute approximate surface area is 108 Å². The molecule has 1 heterocycles. The molecule has 0 saturated carbocycles. The fourth-order valence-electron chi connectivity index (χ4n) is 1.76. The van der Waals surface area contributed by atoms with Crippen LogP contribution in [0.3, 0.4) is 0 Å². The quantitative estimate of drug-likeness (QED) is 0.885. The lowest BCUT2D eigenvalue weighted by molar-refractivity contribution is 0.466. The van der Waals surface area contributed by atoms with Crippen LogP contribution in [0.15, 0.2) is 35.3 Å². The zero-order chi connectivity index (χ0) is 12.1. The van der Waals surface area contributed by atoms with Crippen LogP contribution in [0, 0.1) is 0 Å². The predicted molar refractivity (Wildman–Crippen MR) is 76.7 cm³/mol. The fraction of sp³-hybridized carbons (Fsp3) is 0.500. The number of thioether (sulfide) groups is 1. The zero-order valence-electron chi connectivity index (χ0n) is 10.6. The van der Waals surface area contributed by atoms with Crippen LogP contribution in [0.4, 0.5) is 0 Å². The summed E-state index contributed by atoms with van der Waals surface area (Å²) >= 11 is 1.85. The van der Waals surface area contributed by atoms with Gasteiger partial charge in [0, 0.05) is 17.8 Å². The van der Waals surface area contributed by atoms with Crippen molar-refractivity contribution in [1.82, 2.24) is 5.32 Å². The van der Waals surface area contributed by atoms with Crippen molar-refractivity contribution < 1.29 is 0 Å². The molecular weight excluding hydrogens is 228 g/mol. The fourth-order valence-corrected chi connectivity index (χ4v) is 3.00. The Morgan fingerprint density at radius 2 is 2.12 bits per heavy atom. The lowest BCUT2D eigenvalue weighted by atomic mass is 10.0. The average Bonchev–Trinajstić information content (AvgIpc) is 2.74. The monoisotopic (exact) mass is 248 g/mol. The van der Waals surface area contributed by atoms with Gasteiger partial charge in [-0.2, -0.15) is 0 Å². The van der Waals surface area contributed by atoms with Gasteiger partial charge in [-0.1, -0.05) is 49.0 Å². The van der Waals surface area contributed by atoms with Gasteiger partial charge in [-0.15, -0.1) is 0 Å². The minimum Gasteiger partial charge on any atom is -0.359 e. The van der Waals surface area contributed by atoms with Crippen molar-refractivity contribution in [2.24, 2.45) is 4.99 Å². The number of rotatable bonds is 4. The molecule has 0 amide bonds. The summed E-state index contributed by atoms with van der Waals surface area (Å²) in [6.07, 6.45) is 2.17. The summed E-state index contributed by atoms with van der Waals surface area (Å²) in [6.45, 7) is 5.36. The topological polar surface area (TPSA) is 24.4 Å². The SMILES string of the molecule is CCC1(C)CSC(=NCCc2ccccc2)N1. The molecule has 1 fully saturated rings. The molecule has 1 aliphatic heterocycles. The van der Waals surface area contributed by atoms with Crippen molar-refractivity contribution in [3.63, 3.8) is 0 Å². The maximum Gasteiger partial charge on any atom is 0.157 e. The smallest absolute Gasteiger partial charge is 0.157 e. The highest BCUT2D eigenvalue weighted by molar-refractivity contribution is 8.14. The molecule has 1 atom stereocenters. The molecule has 0 aliphatic carbocycles. The summed E-state index contributed by atoms with van der Waals surface area (Å²) in [7, 11) is 0. The summed E-state index contributed by atoms with van der Waals surface area (Å²) < 4.78 is 0. The first-order valence-corrected chi connectivity index (χ1v) is 7.20. The second-order valence-corrected chi connectivity index (χ2v) is 5.71. The molecule has 1 aromatic carbocycles. The van der Waals surface area contributed by atoms with Crippen molar-refractivity contribution in [2.75, 3.05) is 12.3 Å². The largest absolute Gasteiger partial charge is 0.359 e. The van der Waals surface area contributed by atoms with Crippen molar-refractivity contribution in [2.45, 2.75) is 32.2 Å². The Hall–Kier alpha value is -0.960. The summed E-state index contributed by atoms with van der Waals surface area (Å²) in [4.78, 5) is 4.63. The molecule has 1 unspecified atom stereocenters. The van der Waals surface area contributed by atoms with E-state index in [1.807, 2.05) is 11.8 Å². The highest BCUT2D eigenvalue weighted by Crippen LogP contribution is 2.25. The summed E-state index contributed by atoms with van der Waals surface area (Å²) in [6, 6.07) is 10.5. The molecule has 0 radical (unpaired) electrons. The molecule has 0 spiro atoms. The molecular formula is C14H20N2S. The van der Waals surface area contributed by atoms with Gasteiger partial charge in [0.15, 0.2) is 5.17 Å². The maximum absolute atomic E-state index is 4.63. The van der Waals surface area contributed by atoms with Gasteiger partial charge in [0.25, 0.3) is 0 Å². The lowest BCUT2D eigenvalue weighted by Crippen LogP contribution is -2.39. The van der Waals surface area contributed by atoms with E-state index in [2.05, 4.69) is 54.5 Å². The summed E-state index contributed by atoms with van der Waals surface area (Å²) in [5, 5.41) is 4.63. The van der Waals surface area contributed by atoms with Gasteiger partial charge in [-0.05, 0) is 25.3 Å². The molecule has 0 aromatic heterocycles. The molecule has 0 bridgehead atoms. The number of hydrogen-bond acceptors (Lipinski definition) is 2. The summed E-state index contributed by atoms with van der Waals surface area (Å²) in [5.41, 5.74) is 1.61. The maximum atomic E-state index is 4.63. The molecule has 1 saturated heterocycles. The van der Waals surface area contributed by atoms with E-state index in [-0.39, 0.29) is 5.54 Å². The van der Waals surface area contributed by atoms with Crippen LogP contribution in [0.1, 0.15) is 25.8 Å². The minimum atomic E-state index is 0.246. The standard InChI is InChI=1S/C14H20N2S/c1-3-14(2)11-17-13(16-14)15-10-9-12-7-5-4-6-8-12/h4-8H,3,9-11H2,1-2H3,(H,15,16). The van der Waals surface area contributed by atoms with E-state index in [1.165, 1.54) is 5.56 Å². The van der Waals surface area contributed by atoms with E-state index >= 15 is 0 Å². The van der Waals surface area contributed by atoms with Crippen LogP contribution in [-0.2, 0) is 6.42 Å². The third-order valence-corrected chi connectivity index (χ3v) is 4.50. The van der Waals surface area contributed by atoms with Crippen molar-refractivity contribution in [3.05, 3.63) is 35.9 Å². The Kier molecular flexibility index (Phi) is 4.11. The number of amidine groups is 1. The van der Waals surface area contributed by atoms with Crippen LogP contribution in [0.25, 0.3) is 0 Å². The van der Waals surface area contributed by atoms with Gasteiger partial charge >= 0.3 is 0 Å². The highest BCUT2D eigenvalue weighted by Gasteiger charge is 2.30. The summed E-state index contributed by atoms with van der Waals surface area (Å²) in [5.74, 6) is 1.13. The second kappa shape index (κ2) is 5.58. The van der Waals surface area contributed by atoms with Gasteiger partial charge in [0.2, 0.25) is 0 Å². The van der Waals surface area contributed by atoms with Crippen LogP contribution in [0.2, 0.25) is 0 Å².